The molecule has 2 aromatic rings. The number of thioether (sulfide) groups is 1. The number of nitrogens with zero attached hydrogens (tertiary/aromatic N) is 3. The second-order valence-electron chi connectivity index (χ2n) is 6.21. The molecular weight excluding hydrogens is 416 g/mol. The van der Waals surface area contributed by atoms with Crippen molar-refractivity contribution in [3.8, 4) is 0 Å². The van der Waals surface area contributed by atoms with E-state index in [2.05, 4.69) is 22.1 Å². The van der Waals surface area contributed by atoms with Crippen molar-refractivity contribution in [3.05, 3.63) is 42.0 Å². The lowest BCUT2D eigenvalue weighted by atomic mass is 10.1. The molecule has 0 aliphatic rings. The summed E-state index contributed by atoms with van der Waals surface area (Å²) in [5, 5.41) is 11.0. The minimum Gasteiger partial charge on any atom is -0.299 e. The molecule has 28 heavy (non-hydrogen) atoms. The molecule has 0 spiro atoms. The molecule has 1 atom stereocenters. The molecule has 0 fully saturated rings. The second-order valence-corrected chi connectivity index (χ2v) is 10.3. The highest BCUT2D eigenvalue weighted by Crippen LogP contribution is 2.28. The Kier molecular flexibility index (Phi) is 7.62. The number of benzene rings is 1. The van der Waals surface area contributed by atoms with Gasteiger partial charge in [0.1, 0.15) is 6.04 Å². The van der Waals surface area contributed by atoms with Crippen LogP contribution in [0.3, 0.4) is 0 Å². The number of carbonyl (C=O) groups is 1. The fraction of sp³-hybridized carbons (Fsp3) is 0.389. The van der Waals surface area contributed by atoms with Crippen LogP contribution in [-0.4, -0.2) is 42.6 Å². The molecule has 0 saturated carbocycles. The van der Waals surface area contributed by atoms with E-state index in [-0.39, 0.29) is 0 Å². The summed E-state index contributed by atoms with van der Waals surface area (Å²) in [6.07, 6.45) is 3.17. The number of sulfonamides is 1. The first kappa shape index (κ1) is 22.4. The number of hydrogen-bond donors (Lipinski definition) is 1. The van der Waals surface area contributed by atoms with Crippen molar-refractivity contribution >= 4 is 49.8 Å². The maximum absolute atomic E-state index is 12.9. The van der Waals surface area contributed by atoms with E-state index in [0.717, 1.165) is 17.4 Å². The van der Waals surface area contributed by atoms with Gasteiger partial charge in [-0.05, 0) is 43.5 Å². The van der Waals surface area contributed by atoms with Crippen molar-refractivity contribution < 1.29 is 13.2 Å². The number of amides is 1. The quantitative estimate of drug-likeness (QED) is 0.364. The summed E-state index contributed by atoms with van der Waals surface area (Å²) in [4.78, 5) is 12.9. The molecule has 0 radical (unpaired) electrons. The Balaban J connectivity index is 2.29. The van der Waals surface area contributed by atoms with Gasteiger partial charge in [0.15, 0.2) is 4.34 Å². The fourth-order valence-electron chi connectivity index (χ4n) is 2.56. The van der Waals surface area contributed by atoms with Crippen LogP contribution in [0.15, 0.2) is 35.2 Å². The van der Waals surface area contributed by atoms with E-state index in [9.17, 15) is 13.2 Å². The summed E-state index contributed by atoms with van der Waals surface area (Å²) in [5.74, 6) is 0.247. The minimum atomic E-state index is -3.68. The van der Waals surface area contributed by atoms with Gasteiger partial charge in [-0.1, -0.05) is 42.2 Å². The van der Waals surface area contributed by atoms with Gasteiger partial charge in [0.25, 0.3) is 0 Å². The van der Waals surface area contributed by atoms with Crippen LogP contribution in [0.4, 0.5) is 10.8 Å². The highest BCUT2D eigenvalue weighted by molar-refractivity contribution is 8.01. The van der Waals surface area contributed by atoms with E-state index in [4.69, 9.17) is 0 Å². The number of nitrogens with one attached hydrogen (secondary N) is 1. The van der Waals surface area contributed by atoms with Crippen molar-refractivity contribution in [2.75, 3.05) is 21.6 Å². The van der Waals surface area contributed by atoms with E-state index in [1.807, 2.05) is 19.9 Å². The third-order valence-electron chi connectivity index (χ3n) is 4.04. The van der Waals surface area contributed by atoms with Crippen LogP contribution in [0, 0.1) is 13.8 Å². The lowest BCUT2D eigenvalue weighted by Gasteiger charge is -2.30. The van der Waals surface area contributed by atoms with Gasteiger partial charge in [0, 0.05) is 5.75 Å². The normalized spacial score (nSPS) is 12.4. The average molecular weight is 441 g/mol. The summed E-state index contributed by atoms with van der Waals surface area (Å²) in [7, 11) is -3.68. The Labute approximate surface area is 174 Å². The van der Waals surface area contributed by atoms with Gasteiger partial charge in [-0.3, -0.25) is 14.4 Å². The van der Waals surface area contributed by atoms with Gasteiger partial charge in [-0.2, -0.15) is 0 Å². The standard InChI is InChI=1S/C18H24N4O3S3/c1-6-10-26-18-21-20-17(27-18)19-16(23)15(7-2)22(28(5,24)25)14-9-8-12(3)13(4)11-14/h6,8-9,11,15H,1,7,10H2,2-5H3,(H,19,20,23). The lowest BCUT2D eigenvalue weighted by molar-refractivity contribution is -0.117. The highest BCUT2D eigenvalue weighted by Gasteiger charge is 2.32. The molecule has 2 rings (SSSR count). The first-order valence-electron chi connectivity index (χ1n) is 8.62. The molecule has 1 aromatic heterocycles. The second kappa shape index (κ2) is 9.53. The third kappa shape index (κ3) is 5.55. The average Bonchev–Trinajstić information content (AvgIpc) is 3.06. The molecule has 10 heteroatoms. The van der Waals surface area contributed by atoms with Crippen LogP contribution in [0.25, 0.3) is 0 Å². The predicted molar refractivity (Wildman–Crippen MR) is 117 cm³/mol. The Morgan fingerprint density at radius 3 is 2.64 bits per heavy atom. The zero-order valence-corrected chi connectivity index (χ0v) is 18.7. The monoisotopic (exact) mass is 440 g/mol. The summed E-state index contributed by atoms with van der Waals surface area (Å²) < 4.78 is 26.9. The Morgan fingerprint density at radius 1 is 1.36 bits per heavy atom. The van der Waals surface area contributed by atoms with Crippen molar-refractivity contribution in [1.82, 2.24) is 10.2 Å². The molecular formula is C18H24N4O3S3. The molecule has 1 unspecified atom stereocenters. The Bertz CT molecular complexity index is 957. The number of aromatic nitrogens is 2. The van der Waals surface area contributed by atoms with Crippen LogP contribution in [0.5, 0.6) is 0 Å². The van der Waals surface area contributed by atoms with Gasteiger partial charge in [-0.15, -0.1) is 16.8 Å². The number of carbonyl (C=O) groups excluding carboxylic acids is 1. The number of anilines is 2. The Morgan fingerprint density at radius 2 is 2.07 bits per heavy atom. The highest BCUT2D eigenvalue weighted by atomic mass is 32.2. The molecule has 1 N–H and O–H groups in total. The SMILES string of the molecule is C=CCSc1nnc(NC(=O)C(CC)N(c2ccc(C)c(C)c2)S(C)(=O)=O)s1. The van der Waals surface area contributed by atoms with Crippen molar-refractivity contribution in [1.29, 1.82) is 0 Å². The summed E-state index contributed by atoms with van der Waals surface area (Å²) >= 11 is 2.70. The van der Waals surface area contributed by atoms with Crippen LogP contribution in [-0.2, 0) is 14.8 Å². The van der Waals surface area contributed by atoms with Crippen molar-refractivity contribution in [3.63, 3.8) is 0 Å². The molecule has 0 aliphatic heterocycles. The molecule has 152 valence electrons. The van der Waals surface area contributed by atoms with Gasteiger partial charge < -0.3 is 0 Å². The predicted octanol–water partition coefficient (Wildman–Crippen LogP) is 3.62. The maximum atomic E-state index is 12.9. The molecule has 1 aromatic carbocycles. The van der Waals surface area contributed by atoms with Gasteiger partial charge in [0.05, 0.1) is 11.9 Å². The number of hydrogen-bond acceptors (Lipinski definition) is 7. The van der Waals surface area contributed by atoms with Gasteiger partial charge in [0.2, 0.25) is 21.1 Å². The first-order chi connectivity index (χ1) is 13.2. The molecule has 0 bridgehead atoms. The van der Waals surface area contributed by atoms with E-state index in [1.54, 1.807) is 25.1 Å². The number of rotatable bonds is 9. The third-order valence-corrected chi connectivity index (χ3v) is 7.18. The van der Waals surface area contributed by atoms with E-state index < -0.39 is 22.0 Å². The smallest absolute Gasteiger partial charge is 0.250 e. The minimum absolute atomic E-state index is 0.308. The molecule has 0 aliphatic carbocycles. The first-order valence-corrected chi connectivity index (χ1v) is 12.3. The fourth-order valence-corrected chi connectivity index (χ4v) is 5.28. The van der Waals surface area contributed by atoms with E-state index in [1.165, 1.54) is 27.4 Å². The summed E-state index contributed by atoms with van der Waals surface area (Å²) in [6.45, 7) is 9.28. The zero-order chi connectivity index (χ0) is 20.9. The lowest BCUT2D eigenvalue weighted by Crippen LogP contribution is -2.47. The summed E-state index contributed by atoms with van der Waals surface area (Å²) in [5.41, 5.74) is 2.47. The molecule has 1 amide bonds. The van der Waals surface area contributed by atoms with Crippen LogP contribution >= 0.6 is 23.1 Å². The van der Waals surface area contributed by atoms with Crippen LogP contribution in [0.1, 0.15) is 24.5 Å². The summed E-state index contributed by atoms with van der Waals surface area (Å²) in [6, 6.07) is 4.45. The zero-order valence-electron chi connectivity index (χ0n) is 16.3. The topological polar surface area (TPSA) is 92.3 Å². The molecule has 0 saturated heterocycles. The maximum Gasteiger partial charge on any atom is 0.250 e. The number of aryl methyl sites for hydroxylation is 2. The van der Waals surface area contributed by atoms with Crippen molar-refractivity contribution in [2.45, 2.75) is 37.6 Å². The van der Waals surface area contributed by atoms with Crippen LogP contribution < -0.4 is 9.62 Å². The Hall–Kier alpha value is -1.91. The van der Waals surface area contributed by atoms with E-state index >= 15 is 0 Å². The molecule has 7 nitrogen and oxygen atoms in total. The van der Waals surface area contributed by atoms with Gasteiger partial charge >= 0.3 is 0 Å². The van der Waals surface area contributed by atoms with Gasteiger partial charge in [-0.25, -0.2) is 8.42 Å². The van der Waals surface area contributed by atoms with Crippen LogP contribution in [0.2, 0.25) is 0 Å². The largest absolute Gasteiger partial charge is 0.299 e. The van der Waals surface area contributed by atoms with E-state index in [0.29, 0.717) is 27.3 Å². The molecule has 1 heterocycles. The van der Waals surface area contributed by atoms with Crippen molar-refractivity contribution in [2.24, 2.45) is 0 Å².